The summed E-state index contributed by atoms with van der Waals surface area (Å²) in [6.07, 6.45) is 4.59. The molecule has 5 nitrogen and oxygen atoms in total. The van der Waals surface area contributed by atoms with E-state index in [0.717, 1.165) is 0 Å². The molecule has 2 atom stereocenters. The highest BCUT2D eigenvalue weighted by molar-refractivity contribution is 6.51. The normalized spacial score (nSPS) is 23.1. The van der Waals surface area contributed by atoms with Gasteiger partial charge in [-0.3, -0.25) is 0 Å². The second-order valence-electron chi connectivity index (χ2n) is 6.60. The number of aliphatic hydroxyl groups excluding tert-OH is 1. The Kier molecular flexibility index (Phi) is 6.41. The molecule has 1 rings (SSSR count). The molecule has 0 aromatic heterocycles. The molecule has 1 N–H and O–H groups in total. The Balaban J connectivity index is 2.49. The molecule has 1 heterocycles. The Bertz CT molecular complexity index is 426. The van der Waals surface area contributed by atoms with Gasteiger partial charge in [0.05, 0.1) is 24.4 Å². The van der Waals surface area contributed by atoms with E-state index in [1.54, 1.807) is 6.08 Å². The van der Waals surface area contributed by atoms with Crippen molar-refractivity contribution in [1.82, 2.24) is 0 Å². The molecule has 124 valence electrons. The third-order valence-corrected chi connectivity index (χ3v) is 4.28. The van der Waals surface area contributed by atoms with E-state index in [-0.39, 0.29) is 17.1 Å². The number of rotatable bonds is 6. The first kappa shape index (κ1) is 18.9. The molecule has 1 fully saturated rings. The first-order chi connectivity index (χ1) is 10.1. The van der Waals surface area contributed by atoms with Crippen LogP contribution in [-0.4, -0.2) is 42.6 Å². The van der Waals surface area contributed by atoms with Gasteiger partial charge in [-0.2, -0.15) is 0 Å². The summed E-state index contributed by atoms with van der Waals surface area (Å²) < 4.78 is 16.2. The highest BCUT2D eigenvalue weighted by atomic mass is 16.7. The van der Waals surface area contributed by atoms with Crippen LogP contribution in [0.3, 0.4) is 0 Å². The molecule has 0 aliphatic carbocycles. The second-order valence-corrected chi connectivity index (χ2v) is 6.60. The summed E-state index contributed by atoms with van der Waals surface area (Å²) in [7, 11) is 0.907. The van der Waals surface area contributed by atoms with E-state index in [2.05, 4.69) is 4.74 Å². The Morgan fingerprint density at radius 1 is 1.27 bits per heavy atom. The minimum absolute atomic E-state index is 0.0821. The van der Waals surface area contributed by atoms with Gasteiger partial charge in [0.2, 0.25) is 0 Å². The summed E-state index contributed by atoms with van der Waals surface area (Å²) in [4.78, 5) is 10.9. The lowest BCUT2D eigenvalue weighted by Gasteiger charge is -2.32. The molecule has 0 bridgehead atoms. The lowest BCUT2D eigenvalue weighted by Crippen LogP contribution is -2.41. The molecule has 1 aliphatic heterocycles. The Morgan fingerprint density at radius 2 is 1.82 bits per heavy atom. The highest BCUT2D eigenvalue weighted by Crippen LogP contribution is 2.36. The first-order valence-corrected chi connectivity index (χ1v) is 7.55. The van der Waals surface area contributed by atoms with Crippen molar-refractivity contribution < 1.29 is 23.9 Å². The number of aliphatic hydroxyl groups is 1. The summed E-state index contributed by atoms with van der Waals surface area (Å²) in [6, 6.07) is 0. The fourth-order valence-electron chi connectivity index (χ4n) is 1.95. The van der Waals surface area contributed by atoms with Crippen LogP contribution >= 0.6 is 0 Å². The largest absolute Gasteiger partial charge is 0.486 e. The van der Waals surface area contributed by atoms with Crippen LogP contribution in [0, 0.1) is 5.92 Å². The fraction of sp³-hybridized carbons (Fsp3) is 0.688. The van der Waals surface area contributed by atoms with Crippen LogP contribution in [0.1, 0.15) is 41.0 Å². The average molecular weight is 310 g/mol. The SMILES string of the molecule is COC(=O)/C=C/C[C@H](O)[C@H](C)/C=C/B1OC(C)(C)C(C)(C)O1. The number of esters is 1. The highest BCUT2D eigenvalue weighted by Gasteiger charge is 2.50. The van der Waals surface area contributed by atoms with Crippen molar-refractivity contribution in [1.29, 1.82) is 0 Å². The van der Waals surface area contributed by atoms with Crippen molar-refractivity contribution >= 4 is 13.1 Å². The summed E-state index contributed by atoms with van der Waals surface area (Å²) in [5.74, 6) is 1.32. The Hall–Kier alpha value is -1.11. The lowest BCUT2D eigenvalue weighted by atomic mass is 9.87. The number of ether oxygens (including phenoxy) is 1. The molecular weight excluding hydrogens is 283 g/mol. The molecule has 22 heavy (non-hydrogen) atoms. The van der Waals surface area contributed by atoms with Crippen LogP contribution in [0.5, 0.6) is 0 Å². The summed E-state index contributed by atoms with van der Waals surface area (Å²) >= 11 is 0. The smallest absolute Gasteiger partial charge is 0.466 e. The number of carbonyl (C=O) groups is 1. The Labute approximate surface area is 133 Å². The van der Waals surface area contributed by atoms with Crippen molar-refractivity contribution in [2.75, 3.05) is 7.11 Å². The number of methoxy groups -OCH3 is 1. The summed E-state index contributed by atoms with van der Waals surface area (Å²) in [5, 5.41) is 10.0. The van der Waals surface area contributed by atoms with E-state index in [4.69, 9.17) is 9.31 Å². The van der Waals surface area contributed by atoms with Crippen LogP contribution in [0.15, 0.2) is 24.2 Å². The van der Waals surface area contributed by atoms with Gasteiger partial charge in [-0.25, -0.2) is 4.79 Å². The molecule has 0 unspecified atom stereocenters. The molecule has 1 saturated heterocycles. The molecular formula is C16H27BO5. The van der Waals surface area contributed by atoms with Gasteiger partial charge in [-0.05, 0) is 40.0 Å². The minimum Gasteiger partial charge on any atom is -0.466 e. The molecule has 0 saturated carbocycles. The van der Waals surface area contributed by atoms with Crippen molar-refractivity contribution in [3.05, 3.63) is 24.2 Å². The van der Waals surface area contributed by atoms with Gasteiger partial charge in [-0.15, -0.1) is 0 Å². The summed E-state index contributed by atoms with van der Waals surface area (Å²) in [6.45, 7) is 9.89. The topological polar surface area (TPSA) is 65.0 Å². The summed E-state index contributed by atoms with van der Waals surface area (Å²) in [5.41, 5.74) is -0.736. The maximum atomic E-state index is 10.9. The molecule has 0 spiro atoms. The van der Waals surface area contributed by atoms with Gasteiger partial charge < -0.3 is 19.2 Å². The maximum Gasteiger partial charge on any atom is 0.486 e. The standard InChI is InChI=1S/C16H27BO5/c1-12(13(18)8-7-9-14(19)20-6)10-11-17-21-15(2,3)16(4,5)22-17/h7,9-13,18H,8H2,1-6H3/b9-7+,11-10+/t12-,13+/m1/s1. The zero-order valence-corrected chi connectivity index (χ0v) is 14.3. The monoisotopic (exact) mass is 310 g/mol. The van der Waals surface area contributed by atoms with Crippen LogP contribution in [0.25, 0.3) is 0 Å². The number of hydrogen-bond acceptors (Lipinski definition) is 5. The molecule has 6 heteroatoms. The molecule has 0 amide bonds. The third-order valence-electron chi connectivity index (χ3n) is 4.28. The van der Waals surface area contributed by atoms with E-state index >= 15 is 0 Å². The van der Waals surface area contributed by atoms with Crippen LogP contribution in [-0.2, 0) is 18.8 Å². The number of hydrogen-bond donors (Lipinski definition) is 1. The van der Waals surface area contributed by atoms with E-state index in [9.17, 15) is 9.90 Å². The zero-order valence-electron chi connectivity index (χ0n) is 14.3. The van der Waals surface area contributed by atoms with E-state index in [1.165, 1.54) is 13.2 Å². The van der Waals surface area contributed by atoms with Crippen LogP contribution in [0.4, 0.5) is 0 Å². The van der Waals surface area contributed by atoms with E-state index in [1.807, 2.05) is 46.7 Å². The predicted molar refractivity (Wildman–Crippen MR) is 86.2 cm³/mol. The molecule has 1 aliphatic rings. The van der Waals surface area contributed by atoms with Gasteiger partial charge in [0.1, 0.15) is 0 Å². The second kappa shape index (κ2) is 7.44. The molecule has 0 aromatic rings. The Morgan fingerprint density at radius 3 is 2.32 bits per heavy atom. The van der Waals surface area contributed by atoms with Crippen LogP contribution in [0.2, 0.25) is 0 Å². The van der Waals surface area contributed by atoms with Gasteiger partial charge in [0.15, 0.2) is 0 Å². The van der Waals surface area contributed by atoms with Gasteiger partial charge >= 0.3 is 13.1 Å². The maximum absolute atomic E-state index is 10.9. The zero-order chi connectivity index (χ0) is 17.0. The van der Waals surface area contributed by atoms with Gasteiger partial charge in [-0.1, -0.05) is 25.1 Å². The fourth-order valence-corrected chi connectivity index (χ4v) is 1.95. The lowest BCUT2D eigenvalue weighted by molar-refractivity contribution is -0.134. The quantitative estimate of drug-likeness (QED) is 0.463. The van der Waals surface area contributed by atoms with Crippen LogP contribution < -0.4 is 0 Å². The predicted octanol–water partition coefficient (Wildman–Crippen LogP) is 2.29. The van der Waals surface area contributed by atoms with Gasteiger partial charge in [0.25, 0.3) is 0 Å². The average Bonchev–Trinajstić information content (AvgIpc) is 2.63. The molecule has 0 aromatic carbocycles. The third kappa shape index (κ3) is 4.97. The van der Waals surface area contributed by atoms with Crippen molar-refractivity contribution in [2.45, 2.75) is 58.3 Å². The van der Waals surface area contributed by atoms with Crippen molar-refractivity contribution in [3.8, 4) is 0 Å². The minimum atomic E-state index is -0.584. The van der Waals surface area contributed by atoms with Crippen molar-refractivity contribution in [2.24, 2.45) is 5.92 Å². The van der Waals surface area contributed by atoms with E-state index in [0.29, 0.717) is 6.42 Å². The number of carbonyl (C=O) groups excluding carboxylic acids is 1. The van der Waals surface area contributed by atoms with Crippen molar-refractivity contribution in [3.63, 3.8) is 0 Å². The van der Waals surface area contributed by atoms with E-state index < -0.39 is 19.2 Å². The first-order valence-electron chi connectivity index (χ1n) is 7.55. The van der Waals surface area contributed by atoms with Gasteiger partial charge in [0, 0.05) is 6.08 Å². The molecule has 0 radical (unpaired) electrons.